The molecule has 0 bridgehead atoms. The maximum absolute atomic E-state index is 12.3. The number of aliphatic hydroxyl groups excluding tert-OH is 1. The number of H-pyrrole nitrogens is 2. The molecule has 4 rings (SSSR count). The minimum Gasteiger partial charge on any atom is -0.481 e. The van der Waals surface area contributed by atoms with Crippen molar-refractivity contribution in [2.75, 3.05) is 0 Å². The average Bonchev–Trinajstić information content (AvgIpc) is 3.58. The molecule has 0 aliphatic carbocycles. The predicted octanol–water partition coefficient (Wildman–Crippen LogP) is 3.76. The number of rotatable bonds is 12. The number of carboxylic acids is 1. The third kappa shape index (κ3) is 6.40. The van der Waals surface area contributed by atoms with Crippen LogP contribution in [0.4, 0.5) is 0 Å². The molecule has 2 aromatic rings. The van der Waals surface area contributed by atoms with Crippen molar-refractivity contribution in [3.63, 3.8) is 0 Å². The predicted molar refractivity (Wildman–Crippen MR) is 164 cm³/mol. The van der Waals surface area contributed by atoms with E-state index in [0.29, 0.717) is 41.8 Å². The summed E-state index contributed by atoms with van der Waals surface area (Å²) in [6.45, 7) is 15.0. The number of carbonyl (C=O) groups is 3. The number of amides is 2. The van der Waals surface area contributed by atoms with Gasteiger partial charge >= 0.3 is 5.97 Å². The molecule has 0 radical (unpaired) electrons. The first-order valence-electron chi connectivity index (χ1n) is 14.1. The monoisotopic (exact) mass is 586 g/mol. The molecule has 2 aromatic heterocycles. The molecule has 0 spiro atoms. The minimum atomic E-state index is -1.48. The molecular formula is C33H38N4O6. The van der Waals surface area contributed by atoms with E-state index in [1.54, 1.807) is 0 Å². The molecule has 0 aromatic carbocycles. The zero-order valence-electron chi connectivity index (χ0n) is 24.9. The molecule has 4 heterocycles. The molecule has 0 unspecified atom stereocenters. The van der Waals surface area contributed by atoms with Gasteiger partial charge in [-0.25, -0.2) is 0 Å². The molecule has 0 saturated heterocycles. The van der Waals surface area contributed by atoms with Crippen LogP contribution in [0.15, 0.2) is 59.0 Å². The lowest BCUT2D eigenvalue weighted by Gasteiger charge is -2.09. The van der Waals surface area contributed by atoms with Gasteiger partial charge in [-0.1, -0.05) is 25.3 Å². The summed E-state index contributed by atoms with van der Waals surface area (Å²) in [6.07, 6.45) is 6.43. The fourth-order valence-electron chi connectivity index (χ4n) is 5.66. The third-order valence-corrected chi connectivity index (χ3v) is 8.20. The summed E-state index contributed by atoms with van der Waals surface area (Å²) in [7, 11) is 0. The van der Waals surface area contributed by atoms with Crippen molar-refractivity contribution in [1.29, 1.82) is 0 Å². The SMILES string of the molecule is C=CC1=C(C)/C(=C/c2[nH]c(Cc3[nH]c(/C=C4\NC(=O)C(C=C)=C4C)c(C)c3CCC(O)O)c(CCC(=O)O)c2C)NC1=O. The first-order valence-corrected chi connectivity index (χ1v) is 14.1. The van der Waals surface area contributed by atoms with E-state index in [9.17, 15) is 29.7 Å². The van der Waals surface area contributed by atoms with E-state index in [2.05, 4.69) is 33.8 Å². The fraction of sp³-hybridized carbons (Fsp3) is 0.303. The molecule has 2 aliphatic heterocycles. The molecule has 0 atom stereocenters. The maximum Gasteiger partial charge on any atom is 0.303 e. The summed E-state index contributed by atoms with van der Waals surface area (Å²) in [4.78, 5) is 43.1. The topological polar surface area (TPSA) is 168 Å². The number of aromatic amines is 2. The second-order valence-electron chi connectivity index (χ2n) is 10.8. The number of aliphatic carboxylic acids is 1. The zero-order chi connectivity index (χ0) is 31.6. The molecule has 10 nitrogen and oxygen atoms in total. The Morgan fingerprint density at radius 1 is 0.791 bits per heavy atom. The van der Waals surface area contributed by atoms with Gasteiger partial charge in [0.25, 0.3) is 11.8 Å². The number of aromatic nitrogens is 2. The number of carbonyl (C=O) groups excluding carboxylic acids is 2. The van der Waals surface area contributed by atoms with Crippen LogP contribution in [0, 0.1) is 13.8 Å². The second-order valence-corrected chi connectivity index (χ2v) is 10.8. The highest BCUT2D eigenvalue weighted by Crippen LogP contribution is 2.31. The van der Waals surface area contributed by atoms with Crippen LogP contribution in [0.5, 0.6) is 0 Å². The summed E-state index contributed by atoms with van der Waals surface area (Å²) in [5.74, 6) is -1.36. The van der Waals surface area contributed by atoms with Crippen molar-refractivity contribution in [1.82, 2.24) is 20.6 Å². The summed E-state index contributed by atoms with van der Waals surface area (Å²) < 4.78 is 0. The normalized spacial score (nSPS) is 17.1. The Kier molecular flexibility index (Phi) is 9.22. The number of allylic oxidation sites excluding steroid dienone is 2. The van der Waals surface area contributed by atoms with Gasteiger partial charge in [0.15, 0.2) is 6.29 Å². The van der Waals surface area contributed by atoms with Crippen LogP contribution in [0.3, 0.4) is 0 Å². The lowest BCUT2D eigenvalue weighted by atomic mass is 9.98. The maximum atomic E-state index is 12.3. The van der Waals surface area contributed by atoms with Gasteiger partial charge in [0, 0.05) is 64.6 Å². The summed E-state index contributed by atoms with van der Waals surface area (Å²) >= 11 is 0. The van der Waals surface area contributed by atoms with E-state index in [4.69, 9.17) is 0 Å². The molecule has 10 heteroatoms. The smallest absolute Gasteiger partial charge is 0.303 e. The van der Waals surface area contributed by atoms with Crippen LogP contribution in [0.2, 0.25) is 0 Å². The molecular weight excluding hydrogens is 548 g/mol. The molecule has 226 valence electrons. The standard InChI is InChI=1S/C33H38N4O6/c1-7-20-16(3)26(36-32(20)42)13-24-18(5)22(9-11-30(38)39)28(34-24)15-29-23(10-12-31(40)41)19(6)25(35-29)14-27-17(4)21(8-2)33(43)37-27/h7-8,13-14,30,34-35,38-39H,1-2,9-12,15H2,3-6H3,(H,36,42)(H,37,43)(H,40,41)/b26-13-,27-14-. The Bertz CT molecular complexity index is 1660. The Labute approximate surface area is 250 Å². The molecule has 43 heavy (non-hydrogen) atoms. The Hall–Kier alpha value is -4.67. The van der Waals surface area contributed by atoms with E-state index in [-0.39, 0.29) is 24.7 Å². The number of hydrogen-bond acceptors (Lipinski definition) is 5. The van der Waals surface area contributed by atoms with Crippen LogP contribution >= 0.6 is 0 Å². The van der Waals surface area contributed by atoms with Crippen molar-refractivity contribution >= 4 is 29.9 Å². The molecule has 0 saturated carbocycles. The largest absolute Gasteiger partial charge is 0.481 e. The summed E-state index contributed by atoms with van der Waals surface area (Å²) in [5, 5.41) is 34.4. The van der Waals surface area contributed by atoms with Crippen molar-refractivity contribution in [3.05, 3.63) is 104 Å². The van der Waals surface area contributed by atoms with Crippen LogP contribution in [0.25, 0.3) is 12.2 Å². The van der Waals surface area contributed by atoms with E-state index in [0.717, 1.165) is 56.2 Å². The van der Waals surface area contributed by atoms with Gasteiger partial charge in [-0.2, -0.15) is 0 Å². The van der Waals surface area contributed by atoms with Crippen LogP contribution in [0.1, 0.15) is 71.7 Å². The average molecular weight is 587 g/mol. The zero-order valence-corrected chi connectivity index (χ0v) is 24.9. The van der Waals surface area contributed by atoms with Gasteiger partial charge in [-0.15, -0.1) is 0 Å². The van der Waals surface area contributed by atoms with Gasteiger partial charge in [-0.05, 0) is 86.1 Å². The highest BCUT2D eigenvalue weighted by molar-refractivity contribution is 6.04. The highest BCUT2D eigenvalue weighted by atomic mass is 16.5. The van der Waals surface area contributed by atoms with E-state index < -0.39 is 12.3 Å². The Balaban J connectivity index is 1.79. The molecule has 2 aliphatic rings. The van der Waals surface area contributed by atoms with Gasteiger partial charge in [0.05, 0.1) is 0 Å². The Morgan fingerprint density at radius 3 is 1.60 bits per heavy atom. The lowest BCUT2D eigenvalue weighted by Crippen LogP contribution is -2.15. The lowest BCUT2D eigenvalue weighted by molar-refractivity contribution is -0.137. The first-order chi connectivity index (χ1) is 20.4. The highest BCUT2D eigenvalue weighted by Gasteiger charge is 2.25. The number of hydrogen-bond donors (Lipinski definition) is 7. The van der Waals surface area contributed by atoms with Crippen LogP contribution < -0.4 is 10.6 Å². The van der Waals surface area contributed by atoms with Crippen molar-refractivity contribution in [3.8, 4) is 0 Å². The van der Waals surface area contributed by atoms with E-state index in [1.165, 1.54) is 12.2 Å². The van der Waals surface area contributed by atoms with E-state index >= 15 is 0 Å². The van der Waals surface area contributed by atoms with Crippen molar-refractivity contribution in [2.45, 2.75) is 66.1 Å². The number of aliphatic hydroxyl groups is 2. The minimum absolute atomic E-state index is 0.0560. The van der Waals surface area contributed by atoms with E-state index in [1.807, 2.05) is 39.8 Å². The number of nitrogens with one attached hydrogen (secondary N) is 4. The van der Waals surface area contributed by atoms with Gasteiger partial charge in [0.2, 0.25) is 0 Å². The van der Waals surface area contributed by atoms with Crippen LogP contribution in [-0.2, 0) is 33.6 Å². The quantitative estimate of drug-likeness (QED) is 0.187. The Morgan fingerprint density at radius 2 is 1.23 bits per heavy atom. The van der Waals surface area contributed by atoms with Crippen LogP contribution in [-0.4, -0.2) is 49.4 Å². The molecule has 7 N–H and O–H groups in total. The second kappa shape index (κ2) is 12.7. The first kappa shape index (κ1) is 31.3. The number of carboxylic acid groups (broad SMARTS) is 1. The molecule has 0 fully saturated rings. The van der Waals surface area contributed by atoms with Crippen molar-refractivity contribution in [2.24, 2.45) is 0 Å². The van der Waals surface area contributed by atoms with Crippen molar-refractivity contribution < 1.29 is 29.7 Å². The van der Waals surface area contributed by atoms with Gasteiger partial charge < -0.3 is 35.9 Å². The third-order valence-electron chi connectivity index (χ3n) is 8.20. The van der Waals surface area contributed by atoms with Gasteiger partial charge in [-0.3, -0.25) is 14.4 Å². The van der Waals surface area contributed by atoms with Gasteiger partial charge in [0.1, 0.15) is 0 Å². The fourth-order valence-corrected chi connectivity index (χ4v) is 5.66. The summed E-state index contributed by atoms with van der Waals surface area (Å²) in [6, 6.07) is 0. The molecule has 2 amide bonds. The summed E-state index contributed by atoms with van der Waals surface area (Å²) in [5.41, 5.74) is 10.6.